The third kappa shape index (κ3) is 2.41. The minimum Gasteiger partial charge on any atom is -0.495 e. The number of allylic oxidation sites excluding steroid dienone is 3. The molecule has 0 aromatic carbocycles. The molecule has 0 spiro atoms. The highest BCUT2D eigenvalue weighted by molar-refractivity contribution is 5.20. The molecule has 0 aromatic heterocycles. The molecule has 2 heterocycles. The van der Waals surface area contributed by atoms with Gasteiger partial charge >= 0.3 is 0 Å². The lowest BCUT2D eigenvalue weighted by atomic mass is 10.3. The van der Waals surface area contributed by atoms with E-state index < -0.39 is 6.23 Å². The Hall–Kier alpha value is -2.24. The van der Waals surface area contributed by atoms with Gasteiger partial charge in [-0.15, -0.1) is 15.3 Å². The van der Waals surface area contributed by atoms with Gasteiger partial charge in [-0.1, -0.05) is 0 Å². The molecule has 1 unspecified atom stereocenters. The van der Waals surface area contributed by atoms with Gasteiger partial charge in [-0.3, -0.25) is 0 Å². The number of azo groups is 1. The second kappa shape index (κ2) is 5.01. The summed E-state index contributed by atoms with van der Waals surface area (Å²) in [5.41, 5.74) is 8.02. The van der Waals surface area contributed by atoms with Gasteiger partial charge in [-0.05, 0) is 24.3 Å². The Morgan fingerprint density at radius 1 is 1.38 bits per heavy atom. The standard InChI is InChI=1S/C10H10N4O2/c11-12-10-9(4-2-6-16-10)14-13-8-3-1-5-15-7-8/h1-4,6-7,10-11H,5H2. The van der Waals surface area contributed by atoms with Crippen molar-refractivity contribution in [2.75, 3.05) is 6.61 Å². The zero-order valence-electron chi connectivity index (χ0n) is 8.41. The summed E-state index contributed by atoms with van der Waals surface area (Å²) in [6, 6.07) is 0. The van der Waals surface area contributed by atoms with E-state index in [-0.39, 0.29) is 0 Å². The monoisotopic (exact) mass is 218 g/mol. The predicted molar refractivity (Wildman–Crippen MR) is 55.3 cm³/mol. The second-order valence-corrected chi connectivity index (χ2v) is 3.02. The lowest BCUT2D eigenvalue weighted by molar-refractivity contribution is 0.168. The minimum atomic E-state index is -0.706. The molecule has 0 fully saturated rings. The van der Waals surface area contributed by atoms with E-state index in [1.807, 2.05) is 6.08 Å². The normalized spacial score (nSPS) is 23.4. The molecule has 2 aliphatic heterocycles. The Morgan fingerprint density at radius 3 is 3.06 bits per heavy atom. The van der Waals surface area contributed by atoms with E-state index >= 15 is 0 Å². The van der Waals surface area contributed by atoms with Gasteiger partial charge in [0.25, 0.3) is 6.23 Å². The van der Waals surface area contributed by atoms with Crippen LogP contribution in [0.4, 0.5) is 0 Å². The largest absolute Gasteiger partial charge is 0.495 e. The molecule has 1 N–H and O–H groups in total. The van der Waals surface area contributed by atoms with Crippen LogP contribution >= 0.6 is 0 Å². The fraction of sp³-hybridized carbons (Fsp3) is 0.200. The lowest BCUT2D eigenvalue weighted by Gasteiger charge is -2.12. The third-order valence-electron chi connectivity index (χ3n) is 1.89. The second-order valence-electron chi connectivity index (χ2n) is 3.02. The van der Waals surface area contributed by atoms with E-state index in [4.69, 9.17) is 15.0 Å². The maximum absolute atomic E-state index is 6.92. The molecule has 0 amide bonds. The van der Waals surface area contributed by atoms with E-state index in [9.17, 15) is 0 Å². The van der Waals surface area contributed by atoms with Gasteiger partial charge in [-0.2, -0.15) is 0 Å². The van der Waals surface area contributed by atoms with Gasteiger partial charge in [0.1, 0.15) is 24.3 Å². The Morgan fingerprint density at radius 2 is 2.31 bits per heavy atom. The zero-order chi connectivity index (χ0) is 11.2. The van der Waals surface area contributed by atoms with Crippen LogP contribution < -0.4 is 0 Å². The van der Waals surface area contributed by atoms with E-state index in [0.717, 1.165) is 0 Å². The predicted octanol–water partition coefficient (Wildman–Crippen LogP) is 2.65. The topological polar surface area (TPSA) is 79.4 Å². The highest BCUT2D eigenvalue weighted by Gasteiger charge is 2.14. The van der Waals surface area contributed by atoms with Crippen LogP contribution in [-0.4, -0.2) is 12.8 Å². The van der Waals surface area contributed by atoms with Crippen LogP contribution in [0.1, 0.15) is 0 Å². The molecule has 0 saturated heterocycles. The third-order valence-corrected chi connectivity index (χ3v) is 1.89. The van der Waals surface area contributed by atoms with Crippen molar-refractivity contribution in [1.29, 1.82) is 5.53 Å². The van der Waals surface area contributed by atoms with Crippen molar-refractivity contribution in [3.8, 4) is 0 Å². The maximum Gasteiger partial charge on any atom is 0.251 e. The van der Waals surface area contributed by atoms with Crippen molar-refractivity contribution < 1.29 is 9.47 Å². The lowest BCUT2D eigenvalue weighted by Crippen LogP contribution is -2.10. The number of hydrogen-bond donors (Lipinski definition) is 1. The Balaban J connectivity index is 2.08. The summed E-state index contributed by atoms with van der Waals surface area (Å²) in [7, 11) is 0. The van der Waals surface area contributed by atoms with Crippen molar-refractivity contribution >= 4 is 0 Å². The van der Waals surface area contributed by atoms with Crippen LogP contribution in [0.3, 0.4) is 0 Å². The van der Waals surface area contributed by atoms with Crippen LogP contribution in [0.25, 0.3) is 0 Å². The zero-order valence-corrected chi connectivity index (χ0v) is 8.41. The van der Waals surface area contributed by atoms with Crippen molar-refractivity contribution in [3.05, 3.63) is 48.2 Å². The van der Waals surface area contributed by atoms with E-state index in [0.29, 0.717) is 18.0 Å². The fourth-order valence-electron chi connectivity index (χ4n) is 1.16. The fourth-order valence-corrected chi connectivity index (χ4v) is 1.16. The van der Waals surface area contributed by atoms with Gasteiger partial charge in [0.2, 0.25) is 0 Å². The molecule has 2 aliphatic rings. The van der Waals surface area contributed by atoms with Crippen molar-refractivity contribution in [2.24, 2.45) is 15.3 Å². The van der Waals surface area contributed by atoms with E-state index in [1.54, 1.807) is 18.2 Å². The summed E-state index contributed by atoms with van der Waals surface area (Å²) < 4.78 is 10.1. The molecule has 6 nitrogen and oxygen atoms in total. The average Bonchev–Trinajstić information content (AvgIpc) is 2.38. The minimum absolute atomic E-state index is 0.484. The van der Waals surface area contributed by atoms with Crippen LogP contribution in [-0.2, 0) is 9.47 Å². The molecule has 0 bridgehead atoms. The molecule has 82 valence electrons. The highest BCUT2D eigenvalue weighted by atomic mass is 16.5. The first-order chi connectivity index (χ1) is 7.90. The molecule has 0 aromatic rings. The van der Waals surface area contributed by atoms with Crippen LogP contribution in [0.2, 0.25) is 0 Å². The average molecular weight is 218 g/mol. The Kier molecular flexibility index (Phi) is 3.22. The summed E-state index contributed by atoms with van der Waals surface area (Å²) in [6.45, 7) is 0.554. The molecule has 0 saturated carbocycles. The molecule has 0 radical (unpaired) electrons. The summed E-state index contributed by atoms with van der Waals surface area (Å²) in [5.74, 6) is 0. The molecule has 2 rings (SSSR count). The van der Waals surface area contributed by atoms with Gasteiger partial charge in [-0.25, -0.2) is 5.53 Å². The highest BCUT2D eigenvalue weighted by Crippen LogP contribution is 2.17. The van der Waals surface area contributed by atoms with E-state index in [1.165, 1.54) is 12.5 Å². The Labute approximate surface area is 92.2 Å². The first-order valence-electron chi connectivity index (χ1n) is 4.69. The van der Waals surface area contributed by atoms with Crippen LogP contribution in [0, 0.1) is 5.53 Å². The van der Waals surface area contributed by atoms with Crippen molar-refractivity contribution in [1.82, 2.24) is 0 Å². The van der Waals surface area contributed by atoms with Crippen LogP contribution in [0.15, 0.2) is 63.6 Å². The van der Waals surface area contributed by atoms with Crippen molar-refractivity contribution in [2.45, 2.75) is 6.23 Å². The molecule has 16 heavy (non-hydrogen) atoms. The quantitative estimate of drug-likeness (QED) is 0.739. The number of nitrogens with one attached hydrogen (secondary N) is 1. The summed E-state index contributed by atoms with van der Waals surface area (Å²) in [4.78, 5) is 0. The molecule has 0 aliphatic carbocycles. The van der Waals surface area contributed by atoms with Crippen molar-refractivity contribution in [3.63, 3.8) is 0 Å². The number of nitrogens with zero attached hydrogens (tertiary/aromatic N) is 3. The smallest absolute Gasteiger partial charge is 0.251 e. The first kappa shape index (κ1) is 10.3. The van der Waals surface area contributed by atoms with Gasteiger partial charge in [0, 0.05) is 0 Å². The van der Waals surface area contributed by atoms with Gasteiger partial charge in [0.05, 0.1) is 6.26 Å². The molecule has 6 heteroatoms. The maximum atomic E-state index is 6.92. The number of ether oxygens (including phenoxy) is 2. The molecular weight excluding hydrogens is 208 g/mol. The van der Waals surface area contributed by atoms with Gasteiger partial charge in [0.15, 0.2) is 0 Å². The SMILES string of the molecule is N=NC1OC=CC=C1N=NC1=COCC=C1. The molecular formula is C10H10N4O2. The summed E-state index contributed by atoms with van der Waals surface area (Å²) in [6.07, 6.45) is 9.30. The molecule has 1 atom stereocenters. The summed E-state index contributed by atoms with van der Waals surface area (Å²) >= 11 is 0. The van der Waals surface area contributed by atoms with Gasteiger partial charge < -0.3 is 9.47 Å². The Bertz CT molecular complexity index is 421. The number of rotatable bonds is 3. The first-order valence-corrected chi connectivity index (χ1v) is 4.69. The number of hydrogen-bond acceptors (Lipinski definition) is 6. The van der Waals surface area contributed by atoms with E-state index in [2.05, 4.69) is 15.3 Å². The van der Waals surface area contributed by atoms with Crippen LogP contribution in [0.5, 0.6) is 0 Å². The summed E-state index contributed by atoms with van der Waals surface area (Å²) in [5, 5.41) is 11.2.